The molecule has 0 saturated heterocycles. The Kier molecular flexibility index (Phi) is 8.91. The van der Waals surface area contributed by atoms with Gasteiger partial charge in [0.15, 0.2) is 0 Å². The minimum Gasteiger partial charge on any atom is -0.0654 e. The van der Waals surface area contributed by atoms with E-state index in [9.17, 15) is 0 Å². The first-order valence-electron chi connectivity index (χ1n) is 11.5. The van der Waals surface area contributed by atoms with E-state index in [1.165, 1.54) is 66.2 Å². The highest BCUT2D eigenvalue weighted by Gasteiger charge is 2.47. The predicted molar refractivity (Wildman–Crippen MR) is 137 cm³/mol. The van der Waals surface area contributed by atoms with Gasteiger partial charge in [-0.25, -0.2) is 0 Å². The maximum Gasteiger partial charge on any atom is 0.139 e. The molecule has 0 heterocycles. The molecule has 0 aromatic heterocycles. The van der Waals surface area contributed by atoms with Crippen LogP contribution < -0.4 is 15.9 Å². The van der Waals surface area contributed by atoms with Crippen molar-refractivity contribution in [3.05, 3.63) is 102 Å². The Morgan fingerprint density at radius 2 is 1.00 bits per heavy atom. The maximum atomic E-state index is 2.54. The van der Waals surface area contributed by atoms with Crippen molar-refractivity contribution >= 4 is 23.2 Å². The molecule has 0 aliphatic carbocycles. The molecule has 0 unspecified atom stereocenters. The lowest BCUT2D eigenvalue weighted by Gasteiger charge is -2.28. The molecule has 0 radical (unpaired) electrons. The van der Waals surface area contributed by atoms with E-state index >= 15 is 0 Å². The molecule has 0 nitrogen and oxygen atoms in total. The fourth-order valence-corrected chi connectivity index (χ4v) is 8.76. The first-order valence-corrected chi connectivity index (χ1v) is 13.3. The van der Waals surface area contributed by atoms with Crippen LogP contribution >= 0.6 is 7.26 Å². The molecule has 0 saturated carbocycles. The molecule has 3 rings (SSSR count). The summed E-state index contributed by atoms with van der Waals surface area (Å²) in [6.07, 6.45) is 11.8. The summed E-state index contributed by atoms with van der Waals surface area (Å²) >= 11 is 0. The second kappa shape index (κ2) is 11.9. The molecule has 3 aromatic rings. The number of hydrogen-bond acceptors (Lipinski definition) is 0. The molecule has 1 heteroatoms. The molecular weight excluding hydrogens is 379 g/mol. The summed E-state index contributed by atoms with van der Waals surface area (Å²) in [5.41, 5.74) is 0. The second-order valence-electron chi connectivity index (χ2n) is 8.08. The van der Waals surface area contributed by atoms with Crippen LogP contribution in [-0.2, 0) is 0 Å². The van der Waals surface area contributed by atoms with Crippen molar-refractivity contribution < 1.29 is 0 Å². The summed E-state index contributed by atoms with van der Waals surface area (Å²) in [6, 6.07) is 33.5. The Morgan fingerprint density at radius 3 is 1.43 bits per heavy atom. The average Bonchev–Trinajstić information content (AvgIpc) is 2.81. The van der Waals surface area contributed by atoms with Crippen molar-refractivity contribution in [1.82, 2.24) is 0 Å². The summed E-state index contributed by atoms with van der Waals surface area (Å²) in [5.74, 6) is 0. The van der Waals surface area contributed by atoms with Crippen LogP contribution in [0.1, 0.15) is 58.8 Å². The number of allylic oxidation sites excluding steroid dienone is 2. The van der Waals surface area contributed by atoms with E-state index in [2.05, 4.69) is 111 Å². The van der Waals surface area contributed by atoms with Crippen LogP contribution in [0.15, 0.2) is 102 Å². The van der Waals surface area contributed by atoms with Gasteiger partial charge in [-0.3, -0.25) is 0 Å². The zero-order chi connectivity index (χ0) is 21.1. The molecule has 3 aromatic carbocycles. The molecule has 0 aliphatic rings. The Bertz CT molecular complexity index is 785. The highest BCUT2D eigenvalue weighted by molar-refractivity contribution is 7.99. The van der Waals surface area contributed by atoms with E-state index in [0.29, 0.717) is 0 Å². The van der Waals surface area contributed by atoms with Crippen LogP contribution in [-0.4, -0.2) is 0 Å². The van der Waals surface area contributed by atoms with E-state index in [-0.39, 0.29) is 0 Å². The summed E-state index contributed by atoms with van der Waals surface area (Å²) in [7, 11) is -1.85. The van der Waals surface area contributed by atoms with Gasteiger partial charge in [0.1, 0.15) is 23.2 Å². The van der Waals surface area contributed by atoms with Gasteiger partial charge in [0.25, 0.3) is 0 Å². The van der Waals surface area contributed by atoms with E-state index in [1.807, 2.05) is 0 Å². The van der Waals surface area contributed by atoms with Gasteiger partial charge < -0.3 is 0 Å². The first kappa shape index (κ1) is 22.5. The van der Waals surface area contributed by atoms with Crippen LogP contribution in [0.2, 0.25) is 0 Å². The third-order valence-corrected chi connectivity index (χ3v) is 10.4. The van der Waals surface area contributed by atoms with Crippen LogP contribution in [0.5, 0.6) is 0 Å². The Labute approximate surface area is 184 Å². The summed E-state index contributed by atoms with van der Waals surface area (Å²) in [4.78, 5) is 0. The quantitative estimate of drug-likeness (QED) is 0.223. The topological polar surface area (TPSA) is 0 Å². The zero-order valence-corrected chi connectivity index (χ0v) is 19.5. The fraction of sp³-hybridized carbons (Fsp3) is 0.310. The van der Waals surface area contributed by atoms with Crippen molar-refractivity contribution in [1.29, 1.82) is 0 Å². The van der Waals surface area contributed by atoms with Crippen molar-refractivity contribution in [2.24, 2.45) is 0 Å². The van der Waals surface area contributed by atoms with Gasteiger partial charge in [0, 0.05) is 0 Å². The molecule has 0 aliphatic heterocycles. The fourth-order valence-electron chi connectivity index (χ4n) is 4.39. The second-order valence-corrected chi connectivity index (χ2v) is 11.7. The van der Waals surface area contributed by atoms with E-state index < -0.39 is 7.26 Å². The Hall–Kier alpha value is -2.17. The van der Waals surface area contributed by atoms with Gasteiger partial charge in [-0.15, -0.1) is 0 Å². The SMILES string of the molecule is CCCCCCCC/C=C(/C)[P+](c1ccccc1)(c1ccccc1)c1ccccc1. The van der Waals surface area contributed by atoms with Crippen molar-refractivity contribution in [3.8, 4) is 0 Å². The minimum absolute atomic E-state index is 1.17. The molecule has 0 bridgehead atoms. The first-order chi connectivity index (χ1) is 14.8. The van der Waals surface area contributed by atoms with Gasteiger partial charge in [-0.1, -0.05) is 93.6 Å². The molecule has 0 atom stereocenters. The molecule has 0 N–H and O–H groups in total. The van der Waals surface area contributed by atoms with Crippen LogP contribution in [0.4, 0.5) is 0 Å². The van der Waals surface area contributed by atoms with E-state index in [1.54, 1.807) is 0 Å². The monoisotopic (exact) mass is 415 g/mol. The molecule has 0 fully saturated rings. The number of unbranched alkanes of at least 4 members (excludes halogenated alkanes) is 6. The molecule has 0 amide bonds. The standard InChI is InChI=1S/C29H36P/c1-3-4-5-6-7-8-12-19-26(2)30(27-20-13-9-14-21-27,28-22-15-10-16-23-28)29-24-17-11-18-25-29/h9-11,13-25H,3-8,12H2,1-2H3/q+1/b26-19-. The van der Waals surface area contributed by atoms with Crippen molar-refractivity contribution in [3.63, 3.8) is 0 Å². The number of hydrogen-bond donors (Lipinski definition) is 0. The van der Waals surface area contributed by atoms with E-state index in [0.717, 1.165) is 0 Å². The highest BCUT2D eigenvalue weighted by atomic mass is 31.2. The third-order valence-electron chi connectivity index (χ3n) is 5.96. The number of benzene rings is 3. The minimum atomic E-state index is -1.85. The normalized spacial score (nSPS) is 12.1. The molecule has 0 spiro atoms. The predicted octanol–water partition coefficient (Wildman–Crippen LogP) is 7.63. The Balaban J connectivity index is 2.00. The highest BCUT2D eigenvalue weighted by Crippen LogP contribution is 2.62. The van der Waals surface area contributed by atoms with Gasteiger partial charge >= 0.3 is 0 Å². The lowest BCUT2D eigenvalue weighted by molar-refractivity contribution is 0.611. The van der Waals surface area contributed by atoms with Crippen LogP contribution in [0.3, 0.4) is 0 Å². The summed E-state index contributed by atoms with van der Waals surface area (Å²) in [5, 5.41) is 5.86. The average molecular weight is 416 g/mol. The molecule has 156 valence electrons. The molecule has 30 heavy (non-hydrogen) atoms. The van der Waals surface area contributed by atoms with Crippen molar-refractivity contribution in [2.75, 3.05) is 0 Å². The lowest BCUT2D eigenvalue weighted by atomic mass is 10.1. The van der Waals surface area contributed by atoms with Gasteiger partial charge in [-0.2, -0.15) is 0 Å². The van der Waals surface area contributed by atoms with Crippen LogP contribution in [0, 0.1) is 0 Å². The van der Waals surface area contributed by atoms with E-state index in [4.69, 9.17) is 0 Å². The summed E-state index contributed by atoms with van der Waals surface area (Å²) < 4.78 is 0. The molecular formula is C29H36P+. The van der Waals surface area contributed by atoms with Gasteiger partial charge in [0.2, 0.25) is 0 Å². The largest absolute Gasteiger partial charge is 0.139 e. The smallest absolute Gasteiger partial charge is 0.0654 e. The van der Waals surface area contributed by atoms with Crippen molar-refractivity contribution in [2.45, 2.75) is 58.8 Å². The Morgan fingerprint density at radius 1 is 0.600 bits per heavy atom. The van der Waals surface area contributed by atoms with Crippen LogP contribution in [0.25, 0.3) is 0 Å². The zero-order valence-electron chi connectivity index (χ0n) is 18.6. The third kappa shape index (κ3) is 5.30. The van der Waals surface area contributed by atoms with Gasteiger partial charge in [0.05, 0.1) is 5.31 Å². The maximum absolute atomic E-state index is 2.54. The summed E-state index contributed by atoms with van der Waals surface area (Å²) in [6.45, 7) is 4.66. The van der Waals surface area contributed by atoms with Gasteiger partial charge in [-0.05, 0) is 62.2 Å². The number of rotatable bonds is 11. The lowest BCUT2D eigenvalue weighted by Crippen LogP contribution is -2.31.